The van der Waals surface area contributed by atoms with Crippen LogP contribution in [-0.4, -0.2) is 36.2 Å². The van der Waals surface area contributed by atoms with E-state index in [-0.39, 0.29) is 11.7 Å². The minimum Gasteiger partial charge on any atom is -0.326 e. The van der Waals surface area contributed by atoms with Gasteiger partial charge in [-0.15, -0.1) is 0 Å². The molecule has 4 rings (SSSR count). The van der Waals surface area contributed by atoms with Gasteiger partial charge in [0.1, 0.15) is 0 Å². The van der Waals surface area contributed by atoms with Gasteiger partial charge >= 0.3 is 0 Å². The van der Waals surface area contributed by atoms with Crippen LogP contribution in [0.4, 0.5) is 5.69 Å². The predicted molar refractivity (Wildman–Crippen MR) is 113 cm³/mol. The van der Waals surface area contributed by atoms with E-state index in [1.165, 1.54) is 11.1 Å². The van der Waals surface area contributed by atoms with Gasteiger partial charge in [-0.25, -0.2) is 0 Å². The molecule has 0 atom stereocenters. The Morgan fingerprint density at radius 2 is 1.89 bits per heavy atom. The molecule has 2 aliphatic rings. The lowest BCUT2D eigenvalue weighted by Gasteiger charge is -2.26. The molecule has 144 valence electrons. The smallest absolute Gasteiger partial charge is 0.224 e. The highest BCUT2D eigenvalue weighted by molar-refractivity contribution is 6.30. The molecular formula is C23H23ClN2O2. The average Bonchev–Trinajstić information content (AvgIpc) is 2.72. The summed E-state index contributed by atoms with van der Waals surface area (Å²) in [5, 5.41) is 3.61. The van der Waals surface area contributed by atoms with Crippen LogP contribution in [0.5, 0.6) is 0 Å². The number of fused-ring (bicyclic) bond motifs is 1. The van der Waals surface area contributed by atoms with E-state index in [1.54, 1.807) is 0 Å². The van der Waals surface area contributed by atoms with Crippen LogP contribution in [0.15, 0.2) is 48.5 Å². The maximum Gasteiger partial charge on any atom is 0.224 e. The Morgan fingerprint density at radius 3 is 2.64 bits per heavy atom. The van der Waals surface area contributed by atoms with Crippen LogP contribution in [0.1, 0.15) is 40.7 Å². The number of ketones is 1. The molecule has 0 aromatic heterocycles. The normalized spacial score (nSPS) is 16.9. The number of anilines is 1. The molecule has 0 fully saturated rings. The van der Waals surface area contributed by atoms with E-state index < -0.39 is 0 Å². The molecule has 2 aromatic carbocycles. The summed E-state index contributed by atoms with van der Waals surface area (Å²) in [6.07, 6.45) is 4.93. The molecule has 0 radical (unpaired) electrons. The van der Waals surface area contributed by atoms with Gasteiger partial charge in [0, 0.05) is 48.7 Å². The first kappa shape index (κ1) is 18.9. The summed E-state index contributed by atoms with van der Waals surface area (Å²) < 4.78 is 0. The van der Waals surface area contributed by atoms with Gasteiger partial charge in [-0.2, -0.15) is 0 Å². The van der Waals surface area contributed by atoms with Crippen molar-refractivity contribution in [2.24, 2.45) is 0 Å². The minimum absolute atomic E-state index is 0.0442. The van der Waals surface area contributed by atoms with Crippen LogP contribution in [0, 0.1) is 0 Å². The fourth-order valence-corrected chi connectivity index (χ4v) is 3.93. The number of carbonyl (C=O) groups is 2. The molecule has 2 aliphatic heterocycles. The van der Waals surface area contributed by atoms with Crippen molar-refractivity contribution in [2.45, 2.75) is 25.7 Å². The van der Waals surface area contributed by atoms with E-state index in [0.717, 1.165) is 47.9 Å². The lowest BCUT2D eigenvalue weighted by molar-refractivity contribution is -0.116. The van der Waals surface area contributed by atoms with Crippen molar-refractivity contribution in [3.05, 3.63) is 70.3 Å². The van der Waals surface area contributed by atoms with E-state index in [1.807, 2.05) is 30.3 Å². The highest BCUT2D eigenvalue weighted by atomic mass is 35.5. The first-order valence-corrected chi connectivity index (χ1v) is 10.1. The van der Waals surface area contributed by atoms with E-state index in [9.17, 15) is 9.59 Å². The number of rotatable bonds is 5. The second-order valence-corrected chi connectivity index (χ2v) is 7.82. The lowest BCUT2D eigenvalue weighted by atomic mass is 9.97. The first-order chi connectivity index (χ1) is 13.6. The number of hydrogen-bond donors (Lipinski definition) is 1. The third kappa shape index (κ3) is 4.34. The SMILES string of the molecule is O=C1CCc2cc(C(=O)CCN3CC=C(c4ccc(Cl)cc4)CC3)ccc2N1. The number of nitrogens with one attached hydrogen (secondary N) is 1. The molecule has 0 aliphatic carbocycles. The predicted octanol–water partition coefficient (Wildman–Crippen LogP) is 4.59. The minimum atomic E-state index is 0.0442. The average molecular weight is 395 g/mol. The van der Waals surface area contributed by atoms with E-state index in [0.29, 0.717) is 19.3 Å². The molecule has 0 saturated heterocycles. The molecule has 0 bridgehead atoms. The number of benzene rings is 2. The standard InChI is InChI=1S/C23H23ClN2O2/c24-20-5-1-16(2-6-20)17-9-12-26(13-10-17)14-11-22(27)19-3-7-21-18(15-19)4-8-23(28)25-21/h1-3,5-7,9,15H,4,8,10-14H2,(H,25,28). The summed E-state index contributed by atoms with van der Waals surface area (Å²) in [5.41, 5.74) is 5.20. The van der Waals surface area contributed by atoms with Gasteiger partial charge < -0.3 is 5.32 Å². The van der Waals surface area contributed by atoms with Gasteiger partial charge in [-0.1, -0.05) is 29.8 Å². The number of halogens is 1. The molecule has 1 N–H and O–H groups in total. The second kappa shape index (κ2) is 8.29. The van der Waals surface area contributed by atoms with Crippen molar-refractivity contribution >= 4 is 34.6 Å². The van der Waals surface area contributed by atoms with Crippen LogP contribution in [0.2, 0.25) is 5.02 Å². The van der Waals surface area contributed by atoms with Gasteiger partial charge in [-0.3, -0.25) is 14.5 Å². The molecule has 28 heavy (non-hydrogen) atoms. The molecular weight excluding hydrogens is 372 g/mol. The Labute approximate surface area is 170 Å². The Kier molecular flexibility index (Phi) is 5.60. The van der Waals surface area contributed by atoms with Gasteiger partial charge in [-0.05, 0) is 59.9 Å². The molecule has 4 nitrogen and oxygen atoms in total. The number of Topliss-reactive ketones (excluding diaryl/α,β-unsaturated/α-hetero) is 1. The summed E-state index contributed by atoms with van der Waals surface area (Å²) in [6.45, 7) is 2.58. The number of hydrogen-bond acceptors (Lipinski definition) is 3. The number of aryl methyl sites for hydroxylation is 1. The Bertz CT molecular complexity index is 934. The Balaban J connectivity index is 1.32. The van der Waals surface area contributed by atoms with Gasteiger partial charge in [0.05, 0.1) is 0 Å². The van der Waals surface area contributed by atoms with Crippen molar-refractivity contribution in [1.82, 2.24) is 4.90 Å². The van der Waals surface area contributed by atoms with Crippen molar-refractivity contribution in [1.29, 1.82) is 0 Å². The summed E-state index contributed by atoms with van der Waals surface area (Å²) in [6, 6.07) is 13.6. The monoisotopic (exact) mass is 394 g/mol. The van der Waals surface area contributed by atoms with Crippen LogP contribution in [-0.2, 0) is 11.2 Å². The molecule has 5 heteroatoms. The van der Waals surface area contributed by atoms with Crippen LogP contribution in [0.3, 0.4) is 0 Å². The molecule has 0 saturated carbocycles. The van der Waals surface area contributed by atoms with Crippen LogP contribution < -0.4 is 5.32 Å². The van der Waals surface area contributed by atoms with E-state index >= 15 is 0 Å². The Morgan fingerprint density at radius 1 is 1.07 bits per heavy atom. The molecule has 1 amide bonds. The largest absolute Gasteiger partial charge is 0.326 e. The summed E-state index contributed by atoms with van der Waals surface area (Å²) in [5.74, 6) is 0.204. The van der Waals surface area contributed by atoms with Crippen LogP contribution in [0.25, 0.3) is 5.57 Å². The summed E-state index contributed by atoms with van der Waals surface area (Å²) in [4.78, 5) is 26.4. The lowest BCUT2D eigenvalue weighted by Crippen LogP contribution is -2.30. The fourth-order valence-electron chi connectivity index (χ4n) is 3.80. The van der Waals surface area contributed by atoms with E-state index in [2.05, 4.69) is 28.4 Å². The zero-order chi connectivity index (χ0) is 19.5. The highest BCUT2D eigenvalue weighted by Crippen LogP contribution is 2.25. The zero-order valence-corrected chi connectivity index (χ0v) is 16.5. The quantitative estimate of drug-likeness (QED) is 0.755. The topological polar surface area (TPSA) is 49.4 Å². The molecule has 0 spiro atoms. The summed E-state index contributed by atoms with van der Waals surface area (Å²) >= 11 is 5.96. The maximum atomic E-state index is 12.6. The highest BCUT2D eigenvalue weighted by Gasteiger charge is 2.18. The van der Waals surface area contributed by atoms with Gasteiger partial charge in [0.15, 0.2) is 5.78 Å². The fraction of sp³-hybridized carbons (Fsp3) is 0.304. The molecule has 0 unspecified atom stereocenters. The number of carbonyl (C=O) groups excluding carboxylic acids is 2. The molecule has 2 heterocycles. The Hall–Kier alpha value is -2.43. The van der Waals surface area contributed by atoms with Gasteiger partial charge in [0.25, 0.3) is 0 Å². The summed E-state index contributed by atoms with van der Waals surface area (Å²) in [7, 11) is 0. The molecule has 2 aromatic rings. The van der Waals surface area contributed by atoms with Crippen molar-refractivity contribution in [2.75, 3.05) is 25.0 Å². The van der Waals surface area contributed by atoms with Crippen LogP contribution >= 0.6 is 11.6 Å². The van der Waals surface area contributed by atoms with Crippen molar-refractivity contribution in [3.63, 3.8) is 0 Å². The third-order valence-electron chi connectivity index (χ3n) is 5.49. The van der Waals surface area contributed by atoms with Crippen molar-refractivity contribution < 1.29 is 9.59 Å². The zero-order valence-electron chi connectivity index (χ0n) is 15.7. The van der Waals surface area contributed by atoms with Crippen molar-refractivity contribution in [3.8, 4) is 0 Å². The number of nitrogens with zero attached hydrogens (tertiary/aromatic N) is 1. The third-order valence-corrected chi connectivity index (χ3v) is 5.74. The van der Waals surface area contributed by atoms with Gasteiger partial charge in [0.2, 0.25) is 5.91 Å². The first-order valence-electron chi connectivity index (χ1n) is 9.72. The van der Waals surface area contributed by atoms with E-state index in [4.69, 9.17) is 11.6 Å². The maximum absolute atomic E-state index is 12.6. The second-order valence-electron chi connectivity index (χ2n) is 7.38. The number of amides is 1.